The molecule has 2 rings (SSSR count). The van der Waals surface area contributed by atoms with Crippen LogP contribution in [0.2, 0.25) is 15.1 Å². The highest BCUT2D eigenvalue weighted by Crippen LogP contribution is 2.33. The van der Waals surface area contributed by atoms with Crippen LogP contribution in [0, 0.1) is 6.92 Å². The van der Waals surface area contributed by atoms with Gasteiger partial charge < -0.3 is 0 Å². The van der Waals surface area contributed by atoms with E-state index in [-0.39, 0.29) is 25.9 Å². The summed E-state index contributed by atoms with van der Waals surface area (Å²) in [6, 6.07) is 2.57. The Kier molecular flexibility index (Phi) is 3.91. The highest BCUT2D eigenvalue weighted by Gasteiger charge is 2.23. The smallest absolute Gasteiger partial charge is 0.261 e. The second-order valence-electron chi connectivity index (χ2n) is 3.55. The maximum Gasteiger partial charge on any atom is 0.267 e. The molecule has 0 fully saturated rings. The molecule has 0 amide bonds. The maximum atomic E-state index is 12.1. The number of halogens is 3. The van der Waals surface area contributed by atoms with Crippen molar-refractivity contribution >= 4 is 50.8 Å². The number of nitrogens with zero attached hydrogens (tertiary/aromatic N) is 2. The highest BCUT2D eigenvalue weighted by molar-refractivity contribution is 7.93. The van der Waals surface area contributed by atoms with Crippen molar-refractivity contribution in [2.75, 3.05) is 4.72 Å². The monoisotopic (exact) mass is 340 g/mol. The summed E-state index contributed by atoms with van der Waals surface area (Å²) in [6.45, 7) is 1.63. The number of aromatic amines is 1. The fourth-order valence-electron chi connectivity index (χ4n) is 1.35. The molecule has 0 aliphatic carbocycles. The Morgan fingerprint density at radius 1 is 1.21 bits per heavy atom. The van der Waals surface area contributed by atoms with E-state index in [1.54, 1.807) is 6.92 Å². The van der Waals surface area contributed by atoms with Gasteiger partial charge in [-0.15, -0.1) is 5.10 Å². The molecule has 0 radical (unpaired) electrons. The number of nitrogens with one attached hydrogen (secondary N) is 2. The molecule has 0 unspecified atom stereocenters. The van der Waals surface area contributed by atoms with Crippen LogP contribution in [-0.4, -0.2) is 23.6 Å². The molecule has 6 nitrogen and oxygen atoms in total. The van der Waals surface area contributed by atoms with Crippen LogP contribution in [0.15, 0.2) is 17.0 Å². The highest BCUT2D eigenvalue weighted by atomic mass is 35.5. The Hall–Kier alpha value is -1.02. The van der Waals surface area contributed by atoms with Crippen molar-refractivity contribution < 1.29 is 8.42 Å². The van der Waals surface area contributed by atoms with Gasteiger partial charge in [0.05, 0.1) is 10.0 Å². The first-order chi connectivity index (χ1) is 8.79. The van der Waals surface area contributed by atoms with Crippen LogP contribution in [0.25, 0.3) is 0 Å². The first kappa shape index (κ1) is 14.4. The van der Waals surface area contributed by atoms with Crippen molar-refractivity contribution in [2.24, 2.45) is 0 Å². The lowest BCUT2D eigenvalue weighted by atomic mass is 10.4. The Labute approximate surface area is 124 Å². The van der Waals surface area contributed by atoms with Crippen LogP contribution >= 0.6 is 34.8 Å². The van der Waals surface area contributed by atoms with Crippen LogP contribution in [-0.2, 0) is 10.0 Å². The van der Waals surface area contributed by atoms with E-state index >= 15 is 0 Å². The zero-order chi connectivity index (χ0) is 14.2. The number of sulfonamides is 1. The van der Waals surface area contributed by atoms with Gasteiger partial charge in [0.2, 0.25) is 0 Å². The van der Waals surface area contributed by atoms with Gasteiger partial charge >= 0.3 is 0 Å². The largest absolute Gasteiger partial charge is 0.267 e. The van der Waals surface area contributed by atoms with Gasteiger partial charge in [0.15, 0.2) is 0 Å². The number of aromatic nitrogens is 3. The molecular weight excluding hydrogens is 335 g/mol. The zero-order valence-electron chi connectivity index (χ0n) is 9.41. The molecule has 102 valence electrons. The average Bonchev–Trinajstić information content (AvgIpc) is 2.60. The van der Waals surface area contributed by atoms with Crippen LogP contribution in [0.3, 0.4) is 0 Å². The third-order valence-electron chi connectivity index (χ3n) is 2.05. The van der Waals surface area contributed by atoms with Gasteiger partial charge in [0, 0.05) is 5.02 Å². The van der Waals surface area contributed by atoms with Crippen LogP contribution in [0.4, 0.5) is 5.95 Å². The quantitative estimate of drug-likeness (QED) is 0.898. The van der Waals surface area contributed by atoms with Gasteiger partial charge in [0.25, 0.3) is 16.0 Å². The molecular formula is C9H7Cl3N4O2S. The number of aryl methyl sites for hydroxylation is 1. The van der Waals surface area contributed by atoms with Crippen LogP contribution in [0.5, 0.6) is 0 Å². The van der Waals surface area contributed by atoms with Gasteiger partial charge in [-0.25, -0.2) is 13.1 Å². The SMILES string of the molecule is Cc1nc(NS(=O)(=O)c2c(Cl)cc(Cl)cc2Cl)n[nH]1. The fraction of sp³-hybridized carbons (Fsp3) is 0.111. The second-order valence-corrected chi connectivity index (χ2v) is 6.42. The molecule has 1 aromatic carbocycles. The summed E-state index contributed by atoms with van der Waals surface area (Å²) in [5.41, 5.74) is 0. The standard InChI is InChI=1S/C9H7Cl3N4O2S/c1-4-13-9(15-14-4)16-19(17,18)8-6(11)2-5(10)3-7(8)12/h2-3H,1H3,(H2,13,14,15,16). The number of hydrogen-bond acceptors (Lipinski definition) is 4. The number of rotatable bonds is 3. The van der Waals surface area contributed by atoms with E-state index in [4.69, 9.17) is 34.8 Å². The van der Waals surface area contributed by atoms with E-state index in [1.165, 1.54) is 12.1 Å². The molecule has 0 bridgehead atoms. The Balaban J connectivity index is 2.45. The van der Waals surface area contributed by atoms with Gasteiger partial charge in [0.1, 0.15) is 10.7 Å². The summed E-state index contributed by atoms with van der Waals surface area (Å²) in [5.74, 6) is 0.366. The lowest BCUT2D eigenvalue weighted by Gasteiger charge is -2.08. The van der Waals surface area contributed by atoms with Gasteiger partial charge in [-0.3, -0.25) is 5.10 Å². The first-order valence-corrected chi connectivity index (χ1v) is 7.47. The number of anilines is 1. The molecule has 0 saturated heterocycles. The topological polar surface area (TPSA) is 87.7 Å². The third-order valence-corrected chi connectivity index (χ3v) is 4.52. The zero-order valence-corrected chi connectivity index (χ0v) is 12.5. The summed E-state index contributed by atoms with van der Waals surface area (Å²) in [6.07, 6.45) is 0. The van der Waals surface area contributed by atoms with E-state index in [9.17, 15) is 8.42 Å². The van der Waals surface area contributed by atoms with E-state index < -0.39 is 10.0 Å². The van der Waals surface area contributed by atoms with Crippen molar-refractivity contribution in [1.82, 2.24) is 15.2 Å². The Morgan fingerprint density at radius 2 is 1.79 bits per heavy atom. The number of benzene rings is 1. The van der Waals surface area contributed by atoms with E-state index in [0.29, 0.717) is 5.82 Å². The van der Waals surface area contributed by atoms with Gasteiger partial charge in [-0.05, 0) is 19.1 Å². The molecule has 0 atom stereocenters. The predicted molar refractivity (Wildman–Crippen MR) is 73.4 cm³/mol. The van der Waals surface area contributed by atoms with Crippen LogP contribution < -0.4 is 4.72 Å². The van der Waals surface area contributed by atoms with Crippen molar-refractivity contribution in [3.8, 4) is 0 Å². The van der Waals surface area contributed by atoms with Crippen molar-refractivity contribution in [3.05, 3.63) is 33.0 Å². The summed E-state index contributed by atoms with van der Waals surface area (Å²) in [5, 5.41) is 6.24. The molecule has 1 aromatic heterocycles. The molecule has 0 saturated carbocycles. The maximum absolute atomic E-state index is 12.1. The molecule has 0 spiro atoms. The van der Waals surface area contributed by atoms with Gasteiger partial charge in [-0.2, -0.15) is 4.98 Å². The normalized spacial score (nSPS) is 11.6. The van der Waals surface area contributed by atoms with Crippen molar-refractivity contribution in [2.45, 2.75) is 11.8 Å². The molecule has 0 aliphatic heterocycles. The van der Waals surface area contributed by atoms with Crippen LogP contribution in [0.1, 0.15) is 5.82 Å². The summed E-state index contributed by atoms with van der Waals surface area (Å²) >= 11 is 17.4. The second kappa shape index (κ2) is 5.16. The predicted octanol–water partition coefficient (Wildman–Crippen LogP) is 2.87. The number of hydrogen-bond donors (Lipinski definition) is 2. The number of H-pyrrole nitrogens is 1. The summed E-state index contributed by atoms with van der Waals surface area (Å²) in [7, 11) is -4.00. The summed E-state index contributed by atoms with van der Waals surface area (Å²) in [4.78, 5) is 3.55. The molecule has 10 heteroatoms. The van der Waals surface area contributed by atoms with E-state index in [1.807, 2.05) is 0 Å². The third kappa shape index (κ3) is 3.11. The Morgan fingerprint density at radius 3 is 2.26 bits per heavy atom. The average molecular weight is 342 g/mol. The molecule has 1 heterocycles. The Bertz CT molecular complexity index is 706. The van der Waals surface area contributed by atoms with E-state index in [0.717, 1.165) is 0 Å². The lowest BCUT2D eigenvalue weighted by molar-refractivity contribution is 0.601. The lowest BCUT2D eigenvalue weighted by Crippen LogP contribution is -2.15. The van der Waals surface area contributed by atoms with Crippen molar-refractivity contribution in [1.29, 1.82) is 0 Å². The minimum Gasteiger partial charge on any atom is -0.261 e. The summed E-state index contributed by atoms with van der Waals surface area (Å²) < 4.78 is 26.5. The first-order valence-electron chi connectivity index (χ1n) is 4.86. The minimum absolute atomic E-state index is 0.0859. The molecule has 0 aliphatic rings. The minimum atomic E-state index is -4.00. The van der Waals surface area contributed by atoms with Crippen molar-refractivity contribution in [3.63, 3.8) is 0 Å². The van der Waals surface area contributed by atoms with Gasteiger partial charge in [-0.1, -0.05) is 34.8 Å². The molecule has 19 heavy (non-hydrogen) atoms. The molecule has 2 N–H and O–H groups in total. The van der Waals surface area contributed by atoms with E-state index in [2.05, 4.69) is 19.9 Å². The molecule has 2 aromatic rings. The fourth-order valence-corrected chi connectivity index (χ4v) is 3.84.